The Hall–Kier alpha value is -2.00. The van der Waals surface area contributed by atoms with Crippen molar-refractivity contribution in [3.63, 3.8) is 0 Å². The van der Waals surface area contributed by atoms with Gasteiger partial charge in [-0.25, -0.2) is 0 Å². The van der Waals surface area contributed by atoms with E-state index in [1.807, 2.05) is 43.3 Å². The highest BCUT2D eigenvalue weighted by Crippen LogP contribution is 2.34. The minimum atomic E-state index is -0.0634. The predicted molar refractivity (Wildman–Crippen MR) is 64.6 cm³/mol. The average Bonchev–Trinajstić information content (AvgIpc) is 2.91. The summed E-state index contributed by atoms with van der Waals surface area (Å²) in [7, 11) is 0. The Balaban J connectivity index is 2.29. The maximum atomic E-state index is 9.47. The summed E-state index contributed by atoms with van der Waals surface area (Å²) in [6.45, 7) is 1.82. The number of aryl methyl sites for hydroxylation is 1. The fraction of sp³-hybridized carbons (Fsp3) is 0.143. The van der Waals surface area contributed by atoms with Crippen LogP contribution in [0.15, 0.2) is 45.2 Å². The highest BCUT2D eigenvalue weighted by atomic mass is 16.4. The van der Waals surface area contributed by atoms with Crippen molar-refractivity contribution in [2.24, 2.45) is 0 Å². The second-order valence-electron chi connectivity index (χ2n) is 3.97. The molecule has 0 saturated heterocycles. The van der Waals surface area contributed by atoms with E-state index in [-0.39, 0.29) is 6.61 Å². The zero-order chi connectivity index (χ0) is 11.8. The van der Waals surface area contributed by atoms with E-state index in [9.17, 15) is 5.11 Å². The molecule has 3 rings (SSSR count). The molecule has 0 aliphatic carbocycles. The minimum absolute atomic E-state index is 0.0634. The van der Waals surface area contributed by atoms with Gasteiger partial charge < -0.3 is 13.9 Å². The molecule has 2 aromatic heterocycles. The van der Waals surface area contributed by atoms with Gasteiger partial charge in [-0.1, -0.05) is 18.2 Å². The second kappa shape index (κ2) is 3.79. The summed E-state index contributed by atoms with van der Waals surface area (Å²) in [4.78, 5) is 0. The van der Waals surface area contributed by atoms with Gasteiger partial charge in [0, 0.05) is 10.9 Å². The van der Waals surface area contributed by atoms with Crippen molar-refractivity contribution in [3.05, 3.63) is 47.7 Å². The standard InChI is InChI=1S/C14H12O3/c1-9-6-7-13(16-9)14-11(8-15)10-4-2-3-5-12(10)17-14/h2-7,15H,8H2,1H3. The molecule has 0 aliphatic rings. The number of benzene rings is 1. The molecule has 0 bridgehead atoms. The molecule has 17 heavy (non-hydrogen) atoms. The van der Waals surface area contributed by atoms with Crippen LogP contribution in [0.3, 0.4) is 0 Å². The molecule has 86 valence electrons. The lowest BCUT2D eigenvalue weighted by atomic mass is 10.1. The Morgan fingerprint density at radius 1 is 1.06 bits per heavy atom. The molecule has 3 nitrogen and oxygen atoms in total. The first-order valence-electron chi connectivity index (χ1n) is 5.47. The fourth-order valence-electron chi connectivity index (χ4n) is 2.01. The van der Waals surface area contributed by atoms with Crippen LogP contribution in [0.1, 0.15) is 11.3 Å². The lowest BCUT2D eigenvalue weighted by Gasteiger charge is -1.95. The largest absolute Gasteiger partial charge is 0.458 e. The van der Waals surface area contributed by atoms with E-state index in [1.165, 1.54) is 0 Å². The lowest BCUT2D eigenvalue weighted by Crippen LogP contribution is -1.83. The molecule has 0 amide bonds. The van der Waals surface area contributed by atoms with Crippen LogP contribution in [0, 0.1) is 6.92 Å². The van der Waals surface area contributed by atoms with Crippen LogP contribution in [0.25, 0.3) is 22.5 Å². The smallest absolute Gasteiger partial charge is 0.176 e. The van der Waals surface area contributed by atoms with Gasteiger partial charge in [0.05, 0.1) is 6.61 Å². The average molecular weight is 228 g/mol. The number of furan rings is 2. The molecular formula is C14H12O3. The molecule has 0 unspecified atom stereocenters. The Kier molecular flexibility index (Phi) is 2.27. The maximum Gasteiger partial charge on any atom is 0.176 e. The normalized spacial score (nSPS) is 11.2. The predicted octanol–water partition coefficient (Wildman–Crippen LogP) is 3.49. The Bertz CT molecular complexity index is 661. The summed E-state index contributed by atoms with van der Waals surface area (Å²) in [6, 6.07) is 11.4. The van der Waals surface area contributed by atoms with Crippen LogP contribution in [-0.2, 0) is 6.61 Å². The molecular weight excluding hydrogens is 216 g/mol. The van der Waals surface area contributed by atoms with Crippen molar-refractivity contribution in [1.82, 2.24) is 0 Å². The van der Waals surface area contributed by atoms with Gasteiger partial charge in [0.25, 0.3) is 0 Å². The SMILES string of the molecule is Cc1ccc(-c2oc3ccccc3c2CO)o1. The van der Waals surface area contributed by atoms with Gasteiger partial charge in [-0.05, 0) is 25.1 Å². The van der Waals surface area contributed by atoms with Crippen LogP contribution < -0.4 is 0 Å². The summed E-state index contributed by atoms with van der Waals surface area (Å²) in [5.41, 5.74) is 1.54. The van der Waals surface area contributed by atoms with Gasteiger partial charge in [0.1, 0.15) is 11.3 Å². The fourth-order valence-corrected chi connectivity index (χ4v) is 2.01. The molecule has 3 aromatic rings. The molecule has 0 saturated carbocycles. The van der Waals surface area contributed by atoms with Crippen LogP contribution in [-0.4, -0.2) is 5.11 Å². The summed E-state index contributed by atoms with van der Waals surface area (Å²) >= 11 is 0. The third-order valence-electron chi connectivity index (χ3n) is 2.82. The zero-order valence-electron chi connectivity index (χ0n) is 9.43. The van der Waals surface area contributed by atoms with Gasteiger partial charge in [-0.15, -0.1) is 0 Å². The van der Waals surface area contributed by atoms with Crippen molar-refractivity contribution < 1.29 is 13.9 Å². The molecule has 1 N–H and O–H groups in total. The van der Waals surface area contributed by atoms with E-state index >= 15 is 0 Å². The van der Waals surface area contributed by atoms with E-state index in [1.54, 1.807) is 0 Å². The maximum absolute atomic E-state index is 9.47. The molecule has 3 heteroatoms. The topological polar surface area (TPSA) is 46.5 Å². The number of rotatable bonds is 2. The third-order valence-corrected chi connectivity index (χ3v) is 2.82. The molecule has 0 spiro atoms. The van der Waals surface area contributed by atoms with Crippen molar-refractivity contribution >= 4 is 11.0 Å². The Morgan fingerprint density at radius 3 is 2.59 bits per heavy atom. The second-order valence-corrected chi connectivity index (χ2v) is 3.97. The molecule has 0 aliphatic heterocycles. The first kappa shape index (κ1) is 10.2. The Morgan fingerprint density at radius 2 is 1.88 bits per heavy atom. The summed E-state index contributed by atoms with van der Waals surface area (Å²) in [6.07, 6.45) is 0. The number of aliphatic hydroxyl groups is 1. The number of hydrogen-bond donors (Lipinski definition) is 1. The van der Waals surface area contributed by atoms with Gasteiger partial charge in [-0.3, -0.25) is 0 Å². The minimum Gasteiger partial charge on any atom is -0.458 e. The molecule has 0 radical (unpaired) electrons. The van der Waals surface area contributed by atoms with Crippen LogP contribution >= 0.6 is 0 Å². The van der Waals surface area contributed by atoms with Gasteiger partial charge in [0.2, 0.25) is 0 Å². The molecule has 1 aromatic carbocycles. The van der Waals surface area contributed by atoms with Crippen molar-refractivity contribution in [2.45, 2.75) is 13.5 Å². The van der Waals surface area contributed by atoms with Crippen molar-refractivity contribution in [1.29, 1.82) is 0 Å². The van der Waals surface area contributed by atoms with E-state index in [0.29, 0.717) is 11.5 Å². The lowest BCUT2D eigenvalue weighted by molar-refractivity contribution is 0.282. The van der Waals surface area contributed by atoms with E-state index in [2.05, 4.69) is 0 Å². The highest BCUT2D eigenvalue weighted by Gasteiger charge is 2.17. The van der Waals surface area contributed by atoms with Gasteiger partial charge >= 0.3 is 0 Å². The van der Waals surface area contributed by atoms with E-state index in [0.717, 1.165) is 22.3 Å². The number of aliphatic hydroxyl groups excluding tert-OH is 1. The van der Waals surface area contributed by atoms with Gasteiger partial charge in [-0.2, -0.15) is 0 Å². The highest BCUT2D eigenvalue weighted by molar-refractivity contribution is 5.86. The van der Waals surface area contributed by atoms with Crippen molar-refractivity contribution in [2.75, 3.05) is 0 Å². The van der Waals surface area contributed by atoms with Crippen LogP contribution in [0.5, 0.6) is 0 Å². The first-order chi connectivity index (χ1) is 8.29. The molecule has 0 atom stereocenters. The number of hydrogen-bond acceptors (Lipinski definition) is 3. The van der Waals surface area contributed by atoms with Crippen LogP contribution in [0.4, 0.5) is 0 Å². The van der Waals surface area contributed by atoms with Crippen molar-refractivity contribution in [3.8, 4) is 11.5 Å². The summed E-state index contributed by atoms with van der Waals surface area (Å²) < 4.78 is 11.3. The molecule has 0 fully saturated rings. The summed E-state index contributed by atoms with van der Waals surface area (Å²) in [5.74, 6) is 2.09. The van der Waals surface area contributed by atoms with Gasteiger partial charge in [0.15, 0.2) is 11.5 Å². The number of fused-ring (bicyclic) bond motifs is 1. The molecule has 2 heterocycles. The number of para-hydroxylation sites is 1. The van der Waals surface area contributed by atoms with Crippen LogP contribution in [0.2, 0.25) is 0 Å². The quantitative estimate of drug-likeness (QED) is 0.730. The monoisotopic (exact) mass is 228 g/mol. The van der Waals surface area contributed by atoms with E-state index < -0.39 is 0 Å². The Labute approximate surface area is 98.3 Å². The van der Waals surface area contributed by atoms with E-state index in [4.69, 9.17) is 8.83 Å². The first-order valence-corrected chi connectivity index (χ1v) is 5.47. The summed E-state index contributed by atoms with van der Waals surface area (Å²) in [5, 5.41) is 10.4. The third kappa shape index (κ3) is 1.56. The zero-order valence-corrected chi connectivity index (χ0v) is 9.43.